The van der Waals surface area contributed by atoms with Crippen LogP contribution in [0, 0.1) is 13.8 Å². The number of aryl methyl sites for hydroxylation is 1. The molecule has 0 atom stereocenters. The molecule has 2 rings (SSSR count). The molecule has 1 amide bonds. The molecular weight excluding hydrogens is 270 g/mol. The van der Waals surface area contributed by atoms with Gasteiger partial charge in [0.15, 0.2) is 0 Å². The van der Waals surface area contributed by atoms with Crippen molar-refractivity contribution in [3.05, 3.63) is 70.3 Å². The van der Waals surface area contributed by atoms with Crippen molar-refractivity contribution in [3.8, 4) is 0 Å². The lowest BCUT2D eigenvalue weighted by Gasteiger charge is -2.08. The van der Waals surface area contributed by atoms with E-state index in [1.807, 2.05) is 44.2 Å². The third kappa shape index (κ3) is 3.72. The van der Waals surface area contributed by atoms with Gasteiger partial charge < -0.3 is 5.32 Å². The maximum absolute atomic E-state index is 11.9. The van der Waals surface area contributed by atoms with Gasteiger partial charge >= 0.3 is 0 Å². The summed E-state index contributed by atoms with van der Waals surface area (Å²) >= 11 is 5.81. The van der Waals surface area contributed by atoms with Crippen molar-refractivity contribution < 1.29 is 4.79 Å². The van der Waals surface area contributed by atoms with Crippen LogP contribution in [0.25, 0.3) is 6.08 Å². The highest BCUT2D eigenvalue weighted by Gasteiger charge is 2.02. The SMILES string of the molecule is Cc1cccc(NC(=O)/C=C/c2ccc(Cl)cc2)c1C. The Bertz CT molecular complexity index is 645. The molecule has 0 unspecified atom stereocenters. The minimum absolute atomic E-state index is 0.145. The molecule has 1 N–H and O–H groups in total. The van der Waals surface area contributed by atoms with Crippen LogP contribution in [0.5, 0.6) is 0 Å². The molecule has 0 radical (unpaired) electrons. The summed E-state index contributed by atoms with van der Waals surface area (Å²) < 4.78 is 0. The Balaban J connectivity index is 2.05. The number of carbonyl (C=O) groups excluding carboxylic acids is 1. The van der Waals surface area contributed by atoms with E-state index in [1.54, 1.807) is 18.2 Å². The number of hydrogen-bond donors (Lipinski definition) is 1. The average Bonchev–Trinajstić information content (AvgIpc) is 2.43. The Labute approximate surface area is 124 Å². The number of carbonyl (C=O) groups is 1. The van der Waals surface area contributed by atoms with Crippen molar-refractivity contribution in [3.63, 3.8) is 0 Å². The van der Waals surface area contributed by atoms with Gasteiger partial charge in [0.25, 0.3) is 0 Å². The minimum Gasteiger partial charge on any atom is -0.322 e. The Kier molecular flexibility index (Phi) is 4.59. The quantitative estimate of drug-likeness (QED) is 0.820. The van der Waals surface area contributed by atoms with Gasteiger partial charge in [0.05, 0.1) is 0 Å². The van der Waals surface area contributed by atoms with Gasteiger partial charge in [-0.15, -0.1) is 0 Å². The summed E-state index contributed by atoms with van der Waals surface area (Å²) in [7, 11) is 0. The number of amides is 1. The van der Waals surface area contributed by atoms with E-state index >= 15 is 0 Å². The molecule has 0 aliphatic carbocycles. The van der Waals surface area contributed by atoms with E-state index in [1.165, 1.54) is 6.08 Å². The van der Waals surface area contributed by atoms with Gasteiger partial charge in [-0.3, -0.25) is 4.79 Å². The highest BCUT2D eigenvalue weighted by Crippen LogP contribution is 2.18. The van der Waals surface area contributed by atoms with E-state index in [-0.39, 0.29) is 5.91 Å². The lowest BCUT2D eigenvalue weighted by atomic mass is 10.1. The highest BCUT2D eigenvalue weighted by atomic mass is 35.5. The fraction of sp³-hybridized carbons (Fsp3) is 0.118. The summed E-state index contributed by atoms with van der Waals surface area (Å²) in [5.74, 6) is -0.145. The van der Waals surface area contributed by atoms with Gasteiger partial charge in [0, 0.05) is 16.8 Å². The number of nitrogens with one attached hydrogen (secondary N) is 1. The standard InChI is InChI=1S/C17H16ClNO/c1-12-4-3-5-16(13(12)2)19-17(20)11-8-14-6-9-15(18)10-7-14/h3-11H,1-2H3,(H,19,20)/b11-8+. The molecule has 0 aromatic heterocycles. The van der Waals surface area contributed by atoms with E-state index in [2.05, 4.69) is 5.32 Å². The van der Waals surface area contributed by atoms with Crippen LogP contribution in [0.1, 0.15) is 16.7 Å². The minimum atomic E-state index is -0.145. The lowest BCUT2D eigenvalue weighted by molar-refractivity contribution is -0.111. The first-order valence-corrected chi connectivity index (χ1v) is 6.75. The predicted octanol–water partition coefficient (Wildman–Crippen LogP) is 4.61. The van der Waals surface area contributed by atoms with Crippen molar-refractivity contribution in [2.45, 2.75) is 13.8 Å². The maximum Gasteiger partial charge on any atom is 0.248 e. The Morgan fingerprint density at radius 2 is 1.80 bits per heavy atom. The Morgan fingerprint density at radius 1 is 1.10 bits per heavy atom. The van der Waals surface area contributed by atoms with Gasteiger partial charge in [-0.25, -0.2) is 0 Å². The third-order valence-electron chi connectivity index (χ3n) is 3.16. The number of anilines is 1. The van der Waals surface area contributed by atoms with Gasteiger partial charge in [0.2, 0.25) is 5.91 Å². The molecule has 0 heterocycles. The first-order valence-electron chi connectivity index (χ1n) is 6.37. The summed E-state index contributed by atoms with van der Waals surface area (Å²) in [6.07, 6.45) is 3.28. The number of rotatable bonds is 3. The van der Waals surface area contributed by atoms with Crippen molar-refractivity contribution in [2.24, 2.45) is 0 Å². The number of benzene rings is 2. The monoisotopic (exact) mass is 285 g/mol. The largest absolute Gasteiger partial charge is 0.322 e. The maximum atomic E-state index is 11.9. The van der Waals surface area contributed by atoms with E-state index in [0.717, 1.165) is 22.4 Å². The molecule has 0 spiro atoms. The zero-order valence-corrected chi connectivity index (χ0v) is 12.2. The molecular formula is C17H16ClNO. The third-order valence-corrected chi connectivity index (χ3v) is 3.41. The van der Waals surface area contributed by atoms with Crippen LogP contribution < -0.4 is 5.32 Å². The van der Waals surface area contributed by atoms with E-state index < -0.39 is 0 Å². The smallest absolute Gasteiger partial charge is 0.248 e. The first kappa shape index (κ1) is 14.4. The van der Waals surface area contributed by atoms with E-state index in [9.17, 15) is 4.79 Å². The summed E-state index contributed by atoms with van der Waals surface area (Å²) in [6.45, 7) is 4.02. The summed E-state index contributed by atoms with van der Waals surface area (Å²) in [5, 5.41) is 3.56. The topological polar surface area (TPSA) is 29.1 Å². The van der Waals surface area contributed by atoms with Crippen molar-refractivity contribution >= 4 is 29.3 Å². The normalized spacial score (nSPS) is 10.8. The fourth-order valence-electron chi connectivity index (χ4n) is 1.81. The Morgan fingerprint density at radius 3 is 2.50 bits per heavy atom. The van der Waals surface area contributed by atoms with Crippen LogP contribution in [0.2, 0.25) is 5.02 Å². The summed E-state index contributed by atoms with van der Waals surface area (Å²) in [4.78, 5) is 11.9. The van der Waals surface area contributed by atoms with Gasteiger partial charge in [0.1, 0.15) is 0 Å². The molecule has 2 aromatic carbocycles. The second-order valence-corrected chi connectivity index (χ2v) is 5.06. The zero-order chi connectivity index (χ0) is 14.5. The van der Waals surface area contributed by atoms with Crippen LogP contribution >= 0.6 is 11.6 Å². The van der Waals surface area contributed by atoms with E-state index in [4.69, 9.17) is 11.6 Å². The molecule has 0 aliphatic heterocycles. The lowest BCUT2D eigenvalue weighted by Crippen LogP contribution is -2.09. The molecule has 102 valence electrons. The van der Waals surface area contributed by atoms with Gasteiger partial charge in [-0.2, -0.15) is 0 Å². The highest BCUT2D eigenvalue weighted by molar-refractivity contribution is 6.30. The molecule has 0 bridgehead atoms. The van der Waals surface area contributed by atoms with Gasteiger partial charge in [-0.1, -0.05) is 35.9 Å². The van der Waals surface area contributed by atoms with Crippen molar-refractivity contribution in [1.29, 1.82) is 0 Å². The van der Waals surface area contributed by atoms with Crippen LogP contribution in [0.3, 0.4) is 0 Å². The van der Waals surface area contributed by atoms with Gasteiger partial charge in [-0.05, 0) is 54.8 Å². The molecule has 0 saturated heterocycles. The Hall–Kier alpha value is -2.06. The molecule has 20 heavy (non-hydrogen) atoms. The molecule has 2 nitrogen and oxygen atoms in total. The van der Waals surface area contributed by atoms with Crippen LogP contribution in [-0.4, -0.2) is 5.91 Å². The predicted molar refractivity (Wildman–Crippen MR) is 85.0 cm³/mol. The van der Waals surface area contributed by atoms with Crippen molar-refractivity contribution in [1.82, 2.24) is 0 Å². The van der Waals surface area contributed by atoms with Crippen molar-refractivity contribution in [2.75, 3.05) is 5.32 Å². The van der Waals surface area contributed by atoms with Crippen LogP contribution in [-0.2, 0) is 4.79 Å². The zero-order valence-electron chi connectivity index (χ0n) is 11.5. The molecule has 0 aliphatic rings. The first-order chi connectivity index (χ1) is 9.56. The second kappa shape index (κ2) is 6.40. The summed E-state index contributed by atoms with van der Waals surface area (Å²) in [5.41, 5.74) is 4.02. The average molecular weight is 286 g/mol. The number of hydrogen-bond acceptors (Lipinski definition) is 1. The van der Waals surface area contributed by atoms with E-state index in [0.29, 0.717) is 5.02 Å². The summed E-state index contributed by atoms with van der Waals surface area (Å²) in [6, 6.07) is 13.2. The second-order valence-electron chi connectivity index (χ2n) is 4.62. The number of halogens is 1. The fourth-order valence-corrected chi connectivity index (χ4v) is 1.93. The molecule has 3 heteroatoms. The molecule has 0 fully saturated rings. The molecule has 0 saturated carbocycles. The molecule has 2 aromatic rings. The van der Waals surface area contributed by atoms with Crippen LogP contribution in [0.15, 0.2) is 48.5 Å². The van der Waals surface area contributed by atoms with Crippen LogP contribution in [0.4, 0.5) is 5.69 Å².